The zero-order valence-electron chi connectivity index (χ0n) is 17.6. The number of aromatic nitrogens is 1. The summed E-state index contributed by atoms with van der Waals surface area (Å²) in [7, 11) is 3.87. The van der Waals surface area contributed by atoms with Gasteiger partial charge in [0.2, 0.25) is 5.88 Å². The quantitative estimate of drug-likeness (QED) is 0.468. The molecule has 0 aliphatic heterocycles. The van der Waals surface area contributed by atoms with E-state index in [2.05, 4.69) is 44.9 Å². The summed E-state index contributed by atoms with van der Waals surface area (Å²) in [5, 5.41) is 19.6. The average molecular weight is 472 g/mol. The smallest absolute Gasteiger partial charge is 0.295 e. The van der Waals surface area contributed by atoms with Crippen molar-refractivity contribution in [1.82, 2.24) is 9.47 Å². The average Bonchev–Trinajstić information content (AvgIpc) is 3.00. The lowest BCUT2D eigenvalue weighted by atomic mass is 10.2. The van der Waals surface area contributed by atoms with Crippen LogP contribution in [0.1, 0.15) is 24.2 Å². The fourth-order valence-corrected chi connectivity index (χ4v) is 3.58. The van der Waals surface area contributed by atoms with Crippen LogP contribution in [0.5, 0.6) is 5.88 Å². The summed E-state index contributed by atoms with van der Waals surface area (Å²) in [5.74, 6) is -0.464. The van der Waals surface area contributed by atoms with Gasteiger partial charge in [0.05, 0.1) is 12.2 Å². The van der Waals surface area contributed by atoms with Gasteiger partial charge in [-0.15, -0.1) is 10.2 Å². The lowest BCUT2D eigenvalue weighted by Gasteiger charge is -2.20. The summed E-state index contributed by atoms with van der Waals surface area (Å²) < 4.78 is 2.65. The van der Waals surface area contributed by atoms with Crippen LogP contribution in [0.15, 0.2) is 57.2 Å². The van der Waals surface area contributed by atoms with Gasteiger partial charge < -0.3 is 10.0 Å². The van der Waals surface area contributed by atoms with E-state index in [-0.39, 0.29) is 11.6 Å². The molecule has 7 nitrogen and oxygen atoms in total. The molecule has 0 fully saturated rings. The van der Waals surface area contributed by atoms with Gasteiger partial charge >= 0.3 is 0 Å². The van der Waals surface area contributed by atoms with E-state index < -0.39 is 5.91 Å². The molecule has 0 aliphatic carbocycles. The first-order chi connectivity index (χ1) is 14.3. The molecule has 2 aromatic carbocycles. The molecule has 1 heterocycles. The van der Waals surface area contributed by atoms with Crippen molar-refractivity contribution in [2.45, 2.75) is 20.5 Å². The van der Waals surface area contributed by atoms with Crippen molar-refractivity contribution in [2.75, 3.05) is 32.1 Å². The molecule has 30 heavy (non-hydrogen) atoms. The standard InChI is InChI=1S/C22H26BrN5O2/c1-5-27(6-2)14-28-19-12-9-16(23)13-18(19)20(22(28)30)24-25-21(29)15-7-10-17(11-8-15)26(3)4/h7-13,30H,5-6,14H2,1-4H3. The number of carbonyl (C=O) groups excluding carboxylic acids is 1. The molecule has 0 aliphatic rings. The topological polar surface area (TPSA) is 73.4 Å². The molecule has 1 N–H and O–H groups in total. The van der Waals surface area contributed by atoms with E-state index in [1.165, 1.54) is 0 Å². The molecule has 158 valence electrons. The van der Waals surface area contributed by atoms with Crippen molar-refractivity contribution in [3.63, 3.8) is 0 Å². The SMILES string of the molecule is CCN(CC)Cn1c(O)c(N=NC(=O)c2ccc(N(C)C)cc2)c2cc(Br)ccc21. The first kappa shape index (κ1) is 22.0. The normalized spacial score (nSPS) is 11.7. The molecule has 0 spiro atoms. The zero-order valence-corrected chi connectivity index (χ0v) is 19.2. The zero-order chi connectivity index (χ0) is 21.8. The van der Waals surface area contributed by atoms with Gasteiger partial charge in [-0.05, 0) is 55.6 Å². The van der Waals surface area contributed by atoms with E-state index in [1.54, 1.807) is 16.7 Å². The number of hydrogen-bond acceptors (Lipinski definition) is 5. The Balaban J connectivity index is 1.97. The van der Waals surface area contributed by atoms with E-state index in [0.29, 0.717) is 12.2 Å². The molecule has 0 bridgehead atoms. The monoisotopic (exact) mass is 471 g/mol. The van der Waals surface area contributed by atoms with Gasteiger partial charge in [-0.3, -0.25) is 14.3 Å². The van der Waals surface area contributed by atoms with Crippen LogP contribution >= 0.6 is 15.9 Å². The molecule has 0 radical (unpaired) electrons. The predicted octanol–water partition coefficient (Wildman–Crippen LogP) is 5.40. The Morgan fingerprint density at radius 3 is 2.37 bits per heavy atom. The Labute approximate surface area is 184 Å². The number of rotatable bonds is 7. The summed E-state index contributed by atoms with van der Waals surface area (Å²) in [5.41, 5.74) is 2.55. The number of amides is 1. The molecule has 0 unspecified atom stereocenters. The molecule has 1 amide bonds. The Morgan fingerprint density at radius 1 is 1.10 bits per heavy atom. The van der Waals surface area contributed by atoms with E-state index in [9.17, 15) is 9.90 Å². The first-order valence-corrected chi connectivity index (χ1v) is 10.6. The van der Waals surface area contributed by atoms with E-state index in [0.717, 1.165) is 34.2 Å². The molecule has 0 atom stereocenters. The molecule has 0 saturated carbocycles. The van der Waals surface area contributed by atoms with Crippen molar-refractivity contribution in [2.24, 2.45) is 10.2 Å². The van der Waals surface area contributed by atoms with Gasteiger partial charge in [0, 0.05) is 35.2 Å². The maximum atomic E-state index is 12.5. The number of hydrogen-bond donors (Lipinski definition) is 1. The van der Waals surface area contributed by atoms with Gasteiger partial charge in [0.15, 0.2) is 5.69 Å². The van der Waals surface area contributed by atoms with Crippen LogP contribution in [-0.2, 0) is 6.67 Å². The molecule has 3 aromatic rings. The number of carbonyl (C=O) groups is 1. The van der Waals surface area contributed by atoms with E-state index in [4.69, 9.17) is 0 Å². The highest BCUT2D eigenvalue weighted by Gasteiger charge is 2.19. The fraction of sp³-hybridized carbons (Fsp3) is 0.318. The number of anilines is 1. The number of nitrogens with zero attached hydrogens (tertiary/aromatic N) is 5. The van der Waals surface area contributed by atoms with Crippen LogP contribution in [0.2, 0.25) is 0 Å². The fourth-order valence-electron chi connectivity index (χ4n) is 3.22. The molecular formula is C22H26BrN5O2. The summed E-state index contributed by atoms with van der Waals surface area (Å²) in [6.45, 7) is 6.37. The van der Waals surface area contributed by atoms with E-state index >= 15 is 0 Å². The minimum atomic E-state index is -0.459. The Bertz CT molecular complexity index is 1070. The van der Waals surface area contributed by atoms with Crippen molar-refractivity contribution < 1.29 is 9.90 Å². The second kappa shape index (κ2) is 9.40. The maximum Gasteiger partial charge on any atom is 0.295 e. The van der Waals surface area contributed by atoms with Crippen molar-refractivity contribution in [3.05, 3.63) is 52.5 Å². The predicted molar refractivity (Wildman–Crippen MR) is 124 cm³/mol. The van der Waals surface area contributed by atoms with Gasteiger partial charge in [0.25, 0.3) is 5.91 Å². The van der Waals surface area contributed by atoms with Crippen LogP contribution in [0.25, 0.3) is 10.9 Å². The third-order valence-electron chi connectivity index (χ3n) is 5.08. The number of aromatic hydroxyl groups is 1. The summed E-state index contributed by atoms with van der Waals surface area (Å²) in [6, 6.07) is 12.9. The van der Waals surface area contributed by atoms with Crippen molar-refractivity contribution >= 4 is 44.1 Å². The highest BCUT2D eigenvalue weighted by molar-refractivity contribution is 9.10. The van der Waals surface area contributed by atoms with Gasteiger partial charge in [-0.2, -0.15) is 0 Å². The molecule has 3 rings (SSSR count). The van der Waals surface area contributed by atoms with Gasteiger partial charge in [0.1, 0.15) is 0 Å². The van der Waals surface area contributed by atoms with Crippen molar-refractivity contribution in [1.29, 1.82) is 0 Å². The second-order valence-corrected chi connectivity index (χ2v) is 8.07. The van der Waals surface area contributed by atoms with Crippen LogP contribution in [0.3, 0.4) is 0 Å². The lowest BCUT2D eigenvalue weighted by molar-refractivity contribution is 0.0995. The molecule has 1 aromatic heterocycles. The number of fused-ring (bicyclic) bond motifs is 1. The van der Waals surface area contributed by atoms with Crippen LogP contribution in [-0.4, -0.2) is 47.7 Å². The maximum absolute atomic E-state index is 12.5. The minimum Gasteiger partial charge on any atom is -0.493 e. The molecule has 8 heteroatoms. The van der Waals surface area contributed by atoms with Crippen molar-refractivity contribution in [3.8, 4) is 5.88 Å². The number of azo groups is 1. The molecule has 0 saturated heterocycles. The van der Waals surface area contributed by atoms with Crippen LogP contribution in [0, 0.1) is 0 Å². The Hall–Kier alpha value is -2.71. The largest absolute Gasteiger partial charge is 0.493 e. The van der Waals surface area contributed by atoms with Gasteiger partial charge in [-0.25, -0.2) is 0 Å². The van der Waals surface area contributed by atoms with Crippen LogP contribution < -0.4 is 4.90 Å². The summed E-state index contributed by atoms with van der Waals surface area (Å²) >= 11 is 3.47. The van der Waals surface area contributed by atoms with Gasteiger partial charge in [-0.1, -0.05) is 29.8 Å². The number of halogens is 1. The van der Waals surface area contributed by atoms with E-state index in [1.807, 2.05) is 49.3 Å². The summed E-state index contributed by atoms with van der Waals surface area (Å²) in [4.78, 5) is 16.6. The number of benzene rings is 2. The van der Waals surface area contributed by atoms with Crippen LogP contribution in [0.4, 0.5) is 11.4 Å². The lowest BCUT2D eigenvalue weighted by Crippen LogP contribution is -2.25. The second-order valence-electron chi connectivity index (χ2n) is 7.15. The third kappa shape index (κ3) is 4.55. The Kier molecular flexibility index (Phi) is 6.89. The first-order valence-electron chi connectivity index (χ1n) is 9.82. The summed E-state index contributed by atoms with van der Waals surface area (Å²) in [6.07, 6.45) is 0. The highest BCUT2D eigenvalue weighted by atomic mass is 79.9. The minimum absolute atomic E-state index is 0.00509. The third-order valence-corrected chi connectivity index (χ3v) is 5.57. The Morgan fingerprint density at radius 2 is 1.77 bits per heavy atom. The highest BCUT2D eigenvalue weighted by Crippen LogP contribution is 2.40. The molecular weight excluding hydrogens is 446 g/mol.